The SMILES string of the molecule is CC(CN(C)C(=O)NCc1ccc(N2CCc3ccccc3C2)nc1)C(=O)O. The zero-order valence-electron chi connectivity index (χ0n) is 16.3. The number of pyridine rings is 1. The molecule has 28 heavy (non-hydrogen) atoms. The number of fused-ring (bicyclic) bond motifs is 1. The smallest absolute Gasteiger partial charge is 0.317 e. The van der Waals surface area contributed by atoms with Gasteiger partial charge in [-0.05, 0) is 29.2 Å². The summed E-state index contributed by atoms with van der Waals surface area (Å²) < 4.78 is 0. The normalized spacial score (nSPS) is 14.1. The highest BCUT2D eigenvalue weighted by Gasteiger charge is 2.18. The molecule has 1 aliphatic heterocycles. The van der Waals surface area contributed by atoms with E-state index >= 15 is 0 Å². The van der Waals surface area contributed by atoms with Crippen molar-refractivity contribution < 1.29 is 14.7 Å². The minimum absolute atomic E-state index is 0.161. The lowest BCUT2D eigenvalue weighted by atomic mass is 10.00. The number of carboxylic acid groups (broad SMARTS) is 1. The van der Waals surface area contributed by atoms with E-state index < -0.39 is 11.9 Å². The van der Waals surface area contributed by atoms with Crippen LogP contribution in [0.4, 0.5) is 10.6 Å². The van der Waals surface area contributed by atoms with Crippen molar-refractivity contribution in [3.05, 3.63) is 59.3 Å². The number of carbonyl (C=O) groups is 2. The minimum atomic E-state index is -0.917. The van der Waals surface area contributed by atoms with Crippen LogP contribution in [0.25, 0.3) is 0 Å². The van der Waals surface area contributed by atoms with Crippen LogP contribution in [0.2, 0.25) is 0 Å². The number of nitrogens with zero attached hydrogens (tertiary/aromatic N) is 3. The summed E-state index contributed by atoms with van der Waals surface area (Å²) in [4.78, 5) is 31.2. The van der Waals surface area contributed by atoms with Crippen molar-refractivity contribution in [3.8, 4) is 0 Å². The number of nitrogens with one attached hydrogen (secondary N) is 1. The molecule has 0 aliphatic carbocycles. The van der Waals surface area contributed by atoms with Crippen LogP contribution >= 0.6 is 0 Å². The molecule has 0 radical (unpaired) electrons. The van der Waals surface area contributed by atoms with Crippen molar-refractivity contribution >= 4 is 17.8 Å². The van der Waals surface area contributed by atoms with Gasteiger partial charge >= 0.3 is 12.0 Å². The number of anilines is 1. The van der Waals surface area contributed by atoms with Gasteiger partial charge in [-0.15, -0.1) is 0 Å². The Hall–Kier alpha value is -3.09. The molecule has 0 fully saturated rings. The summed E-state index contributed by atoms with van der Waals surface area (Å²) in [6, 6.07) is 12.1. The molecule has 2 amide bonds. The molecule has 0 saturated heterocycles. The first-order chi connectivity index (χ1) is 13.4. The number of carbonyl (C=O) groups excluding carboxylic acids is 1. The molecule has 2 N–H and O–H groups in total. The van der Waals surface area contributed by atoms with Gasteiger partial charge in [0.15, 0.2) is 0 Å². The van der Waals surface area contributed by atoms with Crippen molar-refractivity contribution in [1.29, 1.82) is 0 Å². The Morgan fingerprint density at radius 2 is 2.00 bits per heavy atom. The van der Waals surface area contributed by atoms with E-state index in [2.05, 4.69) is 39.5 Å². The van der Waals surface area contributed by atoms with Gasteiger partial charge in [0.1, 0.15) is 5.82 Å². The van der Waals surface area contributed by atoms with E-state index in [9.17, 15) is 9.59 Å². The largest absolute Gasteiger partial charge is 0.481 e. The number of hydrogen-bond acceptors (Lipinski definition) is 4. The first-order valence-corrected chi connectivity index (χ1v) is 9.42. The van der Waals surface area contributed by atoms with E-state index in [1.807, 2.05) is 12.1 Å². The topological polar surface area (TPSA) is 85.8 Å². The predicted octanol–water partition coefficient (Wildman–Crippen LogP) is 2.51. The summed E-state index contributed by atoms with van der Waals surface area (Å²) >= 11 is 0. The number of amides is 2. The summed E-state index contributed by atoms with van der Waals surface area (Å²) in [7, 11) is 1.59. The summed E-state index contributed by atoms with van der Waals surface area (Å²) in [6.45, 7) is 3.88. The number of benzene rings is 1. The van der Waals surface area contributed by atoms with Gasteiger partial charge in [0.25, 0.3) is 0 Å². The second-order valence-corrected chi connectivity index (χ2v) is 7.24. The molecule has 148 valence electrons. The van der Waals surface area contributed by atoms with Crippen LogP contribution < -0.4 is 10.2 Å². The van der Waals surface area contributed by atoms with Crippen LogP contribution in [0.3, 0.4) is 0 Å². The Bertz CT molecular complexity index is 838. The van der Waals surface area contributed by atoms with Crippen LogP contribution in [0.5, 0.6) is 0 Å². The van der Waals surface area contributed by atoms with Crippen LogP contribution in [-0.2, 0) is 24.3 Å². The molecule has 0 spiro atoms. The fourth-order valence-corrected chi connectivity index (χ4v) is 3.28. The standard InChI is InChI=1S/C21H26N4O3/c1-15(20(26)27)13-24(2)21(28)23-12-16-7-8-19(22-11-16)25-10-9-17-5-3-4-6-18(17)14-25/h3-8,11,15H,9-10,12-14H2,1-2H3,(H,23,28)(H,26,27). The van der Waals surface area contributed by atoms with Gasteiger partial charge in [0, 0.05) is 39.4 Å². The van der Waals surface area contributed by atoms with E-state index in [0.29, 0.717) is 6.54 Å². The summed E-state index contributed by atoms with van der Waals surface area (Å²) in [5, 5.41) is 11.7. The van der Waals surface area contributed by atoms with Gasteiger partial charge in [0.2, 0.25) is 0 Å². The monoisotopic (exact) mass is 382 g/mol. The molecule has 1 aromatic heterocycles. The Balaban J connectivity index is 1.52. The summed E-state index contributed by atoms with van der Waals surface area (Å²) in [5.41, 5.74) is 3.64. The predicted molar refractivity (Wildman–Crippen MR) is 107 cm³/mol. The quantitative estimate of drug-likeness (QED) is 0.802. The second kappa shape index (κ2) is 8.73. The first kappa shape index (κ1) is 19.7. The molecule has 1 aromatic carbocycles. The molecule has 7 heteroatoms. The molecule has 1 aliphatic rings. The third-order valence-electron chi connectivity index (χ3n) is 5.02. The van der Waals surface area contributed by atoms with E-state index in [1.54, 1.807) is 20.2 Å². The van der Waals surface area contributed by atoms with E-state index in [1.165, 1.54) is 16.0 Å². The van der Waals surface area contributed by atoms with E-state index in [4.69, 9.17) is 5.11 Å². The van der Waals surface area contributed by atoms with Crippen LogP contribution in [0, 0.1) is 5.92 Å². The molecule has 1 atom stereocenters. The lowest BCUT2D eigenvalue weighted by Crippen LogP contribution is -2.40. The molecule has 7 nitrogen and oxygen atoms in total. The average molecular weight is 382 g/mol. The van der Waals surface area contributed by atoms with Crippen molar-refractivity contribution in [3.63, 3.8) is 0 Å². The van der Waals surface area contributed by atoms with Crippen molar-refractivity contribution in [2.24, 2.45) is 5.92 Å². The fourth-order valence-electron chi connectivity index (χ4n) is 3.28. The number of hydrogen-bond donors (Lipinski definition) is 2. The maximum Gasteiger partial charge on any atom is 0.317 e. The van der Waals surface area contributed by atoms with Gasteiger partial charge in [0.05, 0.1) is 5.92 Å². The third kappa shape index (κ3) is 4.79. The average Bonchev–Trinajstić information content (AvgIpc) is 2.71. The third-order valence-corrected chi connectivity index (χ3v) is 5.02. The molecular formula is C21H26N4O3. The van der Waals surface area contributed by atoms with Gasteiger partial charge in [-0.2, -0.15) is 0 Å². The number of urea groups is 1. The number of aliphatic carboxylic acids is 1. The van der Waals surface area contributed by atoms with Gasteiger partial charge in [-0.3, -0.25) is 4.79 Å². The Labute approximate surface area is 165 Å². The maximum atomic E-state index is 12.1. The molecule has 0 saturated carbocycles. The van der Waals surface area contributed by atoms with Gasteiger partial charge in [-0.1, -0.05) is 37.3 Å². The highest BCUT2D eigenvalue weighted by molar-refractivity contribution is 5.75. The lowest BCUT2D eigenvalue weighted by Gasteiger charge is -2.29. The van der Waals surface area contributed by atoms with Gasteiger partial charge in [-0.25, -0.2) is 9.78 Å². The Kier molecular flexibility index (Phi) is 6.13. The van der Waals surface area contributed by atoms with Crippen molar-refractivity contribution in [2.45, 2.75) is 26.4 Å². The molecular weight excluding hydrogens is 356 g/mol. The maximum absolute atomic E-state index is 12.1. The molecule has 1 unspecified atom stereocenters. The molecule has 2 aromatic rings. The van der Waals surface area contributed by atoms with Crippen LogP contribution in [-0.4, -0.2) is 47.1 Å². The van der Waals surface area contributed by atoms with E-state index in [-0.39, 0.29) is 12.6 Å². The number of carboxylic acids is 1. The van der Waals surface area contributed by atoms with Crippen LogP contribution in [0.15, 0.2) is 42.6 Å². The highest BCUT2D eigenvalue weighted by Crippen LogP contribution is 2.22. The highest BCUT2D eigenvalue weighted by atomic mass is 16.4. The molecule has 0 bridgehead atoms. The molecule has 3 rings (SSSR count). The minimum Gasteiger partial charge on any atom is -0.481 e. The van der Waals surface area contributed by atoms with E-state index in [0.717, 1.165) is 30.9 Å². The Morgan fingerprint density at radius 1 is 1.25 bits per heavy atom. The second-order valence-electron chi connectivity index (χ2n) is 7.24. The fraction of sp³-hybridized carbons (Fsp3) is 0.381. The van der Waals surface area contributed by atoms with Crippen LogP contribution in [0.1, 0.15) is 23.6 Å². The lowest BCUT2D eigenvalue weighted by molar-refractivity contribution is -0.141. The first-order valence-electron chi connectivity index (χ1n) is 9.42. The van der Waals surface area contributed by atoms with Crippen molar-refractivity contribution in [2.75, 3.05) is 25.0 Å². The number of rotatable bonds is 6. The zero-order chi connectivity index (χ0) is 20.1. The summed E-state index contributed by atoms with van der Waals surface area (Å²) in [5.74, 6) is -0.594. The molecule has 2 heterocycles. The zero-order valence-corrected chi connectivity index (χ0v) is 16.3. The summed E-state index contributed by atoms with van der Waals surface area (Å²) in [6.07, 6.45) is 2.78. The van der Waals surface area contributed by atoms with Gasteiger partial charge < -0.3 is 20.2 Å². The Morgan fingerprint density at radius 3 is 2.68 bits per heavy atom. The van der Waals surface area contributed by atoms with Crippen molar-refractivity contribution in [1.82, 2.24) is 15.2 Å². The number of aromatic nitrogens is 1.